The number of amides is 2. The van der Waals surface area contributed by atoms with Gasteiger partial charge in [0, 0.05) is 11.1 Å². The fourth-order valence-electron chi connectivity index (χ4n) is 1.41. The summed E-state index contributed by atoms with van der Waals surface area (Å²) in [5.74, 6) is 0. The van der Waals surface area contributed by atoms with Crippen molar-refractivity contribution < 1.29 is 9.59 Å². The van der Waals surface area contributed by atoms with Crippen molar-refractivity contribution in [2.75, 3.05) is 5.32 Å². The molecule has 0 bridgehead atoms. The van der Waals surface area contributed by atoms with Crippen LogP contribution >= 0.6 is 11.3 Å². The zero-order valence-corrected chi connectivity index (χ0v) is 9.30. The van der Waals surface area contributed by atoms with Crippen LogP contribution in [0.1, 0.15) is 16.1 Å². The smallest absolute Gasteiger partial charge is 0.317 e. The molecule has 0 aliphatic carbocycles. The van der Waals surface area contributed by atoms with Crippen molar-refractivity contribution in [3.05, 3.63) is 23.4 Å². The zero-order chi connectivity index (χ0) is 11.7. The molecule has 0 fully saturated rings. The van der Waals surface area contributed by atoms with Gasteiger partial charge in [-0.25, -0.2) is 9.78 Å². The number of nitrogens with two attached hydrogens (primary N) is 1. The lowest BCUT2D eigenvalue weighted by atomic mass is 10.2. The van der Waals surface area contributed by atoms with Crippen LogP contribution in [0.15, 0.2) is 12.1 Å². The zero-order valence-electron chi connectivity index (χ0n) is 8.48. The second kappa shape index (κ2) is 3.90. The highest BCUT2D eigenvalue weighted by molar-refractivity contribution is 7.23. The molecular weight excluding hydrogens is 226 g/mol. The van der Waals surface area contributed by atoms with Crippen molar-refractivity contribution in [3.8, 4) is 0 Å². The lowest BCUT2D eigenvalue weighted by Crippen LogP contribution is -2.19. The Labute approximate surface area is 95.3 Å². The van der Waals surface area contributed by atoms with Gasteiger partial charge in [0.05, 0.1) is 5.56 Å². The Balaban J connectivity index is 2.65. The summed E-state index contributed by atoms with van der Waals surface area (Å²) in [5, 5.41) is 3.59. The number of hydrogen-bond acceptors (Lipinski definition) is 4. The molecule has 0 radical (unpaired) electrons. The molecule has 0 aliphatic heterocycles. The Morgan fingerprint density at radius 2 is 2.31 bits per heavy atom. The van der Waals surface area contributed by atoms with Crippen LogP contribution in [0, 0.1) is 6.92 Å². The number of urea groups is 1. The first-order chi connectivity index (χ1) is 7.61. The summed E-state index contributed by atoms with van der Waals surface area (Å²) in [6.45, 7) is 1.86. The number of rotatable bonds is 2. The van der Waals surface area contributed by atoms with Gasteiger partial charge in [0.2, 0.25) is 0 Å². The van der Waals surface area contributed by atoms with Gasteiger partial charge in [-0.2, -0.15) is 0 Å². The van der Waals surface area contributed by atoms with E-state index in [2.05, 4.69) is 10.3 Å². The van der Waals surface area contributed by atoms with E-state index in [0.717, 1.165) is 11.1 Å². The molecule has 0 spiro atoms. The third kappa shape index (κ3) is 1.74. The van der Waals surface area contributed by atoms with Gasteiger partial charge in [-0.3, -0.25) is 10.1 Å². The van der Waals surface area contributed by atoms with Gasteiger partial charge >= 0.3 is 6.03 Å². The highest BCUT2D eigenvalue weighted by atomic mass is 32.1. The summed E-state index contributed by atoms with van der Waals surface area (Å²) < 4.78 is 0. The van der Waals surface area contributed by atoms with E-state index in [0.29, 0.717) is 21.7 Å². The van der Waals surface area contributed by atoms with Crippen molar-refractivity contribution in [1.82, 2.24) is 4.98 Å². The molecule has 0 saturated heterocycles. The molecule has 0 aromatic carbocycles. The Kier molecular flexibility index (Phi) is 2.57. The molecular formula is C10H9N3O2S. The normalized spacial score (nSPS) is 10.3. The lowest BCUT2D eigenvalue weighted by Gasteiger charge is -1.96. The molecule has 0 atom stereocenters. The fourth-order valence-corrected chi connectivity index (χ4v) is 2.50. The molecule has 2 heterocycles. The van der Waals surface area contributed by atoms with E-state index in [1.54, 1.807) is 0 Å². The summed E-state index contributed by atoms with van der Waals surface area (Å²) in [7, 11) is 0. The number of pyridine rings is 1. The quantitative estimate of drug-likeness (QED) is 0.779. The van der Waals surface area contributed by atoms with Crippen LogP contribution in [0.4, 0.5) is 9.80 Å². The number of fused-ring (bicyclic) bond motifs is 1. The number of nitrogens with one attached hydrogen (secondary N) is 1. The summed E-state index contributed by atoms with van der Waals surface area (Å²) in [5.41, 5.74) is 6.30. The molecule has 2 amide bonds. The standard InChI is InChI=1S/C10H9N3O2S/c1-5-2-3-6-7(4-14)9(13-10(11)15)16-8(6)12-5/h2-4H,1H3,(H3,11,13,15). The molecule has 82 valence electrons. The van der Waals surface area contributed by atoms with Crippen molar-refractivity contribution in [1.29, 1.82) is 0 Å². The van der Waals surface area contributed by atoms with E-state index < -0.39 is 6.03 Å². The van der Waals surface area contributed by atoms with E-state index in [1.165, 1.54) is 11.3 Å². The molecule has 0 unspecified atom stereocenters. The number of carbonyl (C=O) groups excluding carboxylic acids is 2. The molecule has 16 heavy (non-hydrogen) atoms. The van der Waals surface area contributed by atoms with Gasteiger partial charge in [-0.15, -0.1) is 0 Å². The SMILES string of the molecule is Cc1ccc2c(C=O)c(NC(N)=O)sc2n1. The number of hydrogen-bond donors (Lipinski definition) is 2. The summed E-state index contributed by atoms with van der Waals surface area (Å²) in [4.78, 5) is 26.7. The first-order valence-corrected chi connectivity index (χ1v) is 5.35. The maximum atomic E-state index is 11.0. The number of aryl methyl sites for hydroxylation is 1. The van der Waals surface area contributed by atoms with E-state index in [4.69, 9.17) is 5.73 Å². The highest BCUT2D eigenvalue weighted by Gasteiger charge is 2.13. The number of nitrogens with zero attached hydrogens (tertiary/aromatic N) is 1. The third-order valence-corrected chi connectivity index (χ3v) is 3.12. The number of aldehydes is 1. The molecule has 3 N–H and O–H groups in total. The Morgan fingerprint density at radius 3 is 2.94 bits per heavy atom. The Bertz CT molecular complexity index is 577. The molecule has 0 saturated carbocycles. The minimum Gasteiger partial charge on any atom is -0.351 e. The van der Waals surface area contributed by atoms with Gasteiger partial charge in [0.1, 0.15) is 9.83 Å². The maximum Gasteiger partial charge on any atom is 0.317 e. The van der Waals surface area contributed by atoms with E-state index in [9.17, 15) is 9.59 Å². The van der Waals surface area contributed by atoms with Crippen molar-refractivity contribution in [2.24, 2.45) is 5.73 Å². The third-order valence-electron chi connectivity index (χ3n) is 2.09. The van der Waals surface area contributed by atoms with Crippen LogP contribution in [0.25, 0.3) is 10.2 Å². The molecule has 2 aromatic rings. The molecule has 0 aliphatic rings. The number of anilines is 1. The minimum absolute atomic E-state index is 0.423. The monoisotopic (exact) mass is 235 g/mol. The molecule has 5 nitrogen and oxygen atoms in total. The average Bonchev–Trinajstić information content (AvgIpc) is 2.52. The van der Waals surface area contributed by atoms with E-state index in [-0.39, 0.29) is 0 Å². The molecule has 2 aromatic heterocycles. The second-order valence-corrected chi connectivity index (χ2v) is 4.26. The summed E-state index contributed by atoms with van der Waals surface area (Å²) >= 11 is 1.24. The topological polar surface area (TPSA) is 85.1 Å². The second-order valence-electron chi connectivity index (χ2n) is 3.26. The van der Waals surface area contributed by atoms with Crippen molar-refractivity contribution in [2.45, 2.75) is 6.92 Å². The predicted octanol–water partition coefficient (Wildman–Crippen LogP) is 1.91. The van der Waals surface area contributed by atoms with Crippen LogP contribution in [0.2, 0.25) is 0 Å². The predicted molar refractivity (Wildman–Crippen MR) is 63.0 cm³/mol. The Hall–Kier alpha value is -1.95. The van der Waals surface area contributed by atoms with Gasteiger partial charge in [0.15, 0.2) is 6.29 Å². The summed E-state index contributed by atoms with van der Waals surface area (Å²) in [6, 6.07) is 2.94. The van der Waals surface area contributed by atoms with Gasteiger partial charge in [-0.05, 0) is 19.1 Å². The first-order valence-electron chi connectivity index (χ1n) is 4.53. The largest absolute Gasteiger partial charge is 0.351 e. The maximum absolute atomic E-state index is 11.0. The number of carbonyl (C=O) groups is 2. The average molecular weight is 235 g/mol. The van der Waals surface area contributed by atoms with E-state index in [1.807, 2.05) is 19.1 Å². The van der Waals surface area contributed by atoms with Crippen LogP contribution in [-0.4, -0.2) is 17.3 Å². The lowest BCUT2D eigenvalue weighted by molar-refractivity contribution is 0.112. The highest BCUT2D eigenvalue weighted by Crippen LogP contribution is 2.33. The number of primary amides is 1. The molecule has 2 rings (SSSR count). The van der Waals surface area contributed by atoms with Crippen LogP contribution in [-0.2, 0) is 0 Å². The number of thiophene rings is 1. The van der Waals surface area contributed by atoms with Gasteiger partial charge in [-0.1, -0.05) is 11.3 Å². The van der Waals surface area contributed by atoms with Crippen LogP contribution < -0.4 is 11.1 Å². The number of aromatic nitrogens is 1. The van der Waals surface area contributed by atoms with Crippen molar-refractivity contribution >= 4 is 38.9 Å². The van der Waals surface area contributed by atoms with Gasteiger partial charge in [0.25, 0.3) is 0 Å². The Morgan fingerprint density at radius 1 is 1.56 bits per heavy atom. The fraction of sp³-hybridized carbons (Fsp3) is 0.100. The summed E-state index contributed by atoms with van der Waals surface area (Å²) in [6.07, 6.45) is 0.696. The van der Waals surface area contributed by atoms with Crippen LogP contribution in [0.3, 0.4) is 0 Å². The van der Waals surface area contributed by atoms with E-state index >= 15 is 0 Å². The minimum atomic E-state index is -0.689. The first kappa shape index (κ1) is 10.6. The molecule has 6 heteroatoms. The van der Waals surface area contributed by atoms with Crippen molar-refractivity contribution in [3.63, 3.8) is 0 Å². The van der Waals surface area contributed by atoms with Crippen LogP contribution in [0.5, 0.6) is 0 Å². The van der Waals surface area contributed by atoms with Gasteiger partial charge < -0.3 is 5.73 Å².